The van der Waals surface area contributed by atoms with Crippen molar-refractivity contribution in [2.24, 2.45) is 5.92 Å². The zero-order valence-electron chi connectivity index (χ0n) is 14.1. The van der Waals surface area contributed by atoms with Gasteiger partial charge in [-0.15, -0.1) is 0 Å². The monoisotopic (exact) mass is 327 g/mol. The first-order valence-electron chi connectivity index (χ1n) is 8.49. The van der Waals surface area contributed by atoms with E-state index in [0.717, 1.165) is 43.0 Å². The number of H-pyrrole nitrogens is 1. The van der Waals surface area contributed by atoms with Crippen LogP contribution in [0.2, 0.25) is 0 Å². The number of benzene rings is 1. The molecule has 0 aliphatic carbocycles. The first kappa shape index (κ1) is 16.7. The summed E-state index contributed by atoms with van der Waals surface area (Å²) in [6.07, 6.45) is 10.5. The van der Waals surface area contributed by atoms with E-state index in [2.05, 4.69) is 33.7 Å². The molecule has 0 spiro atoms. The van der Waals surface area contributed by atoms with Crippen LogP contribution < -0.4 is 10.1 Å². The van der Waals surface area contributed by atoms with Crippen LogP contribution >= 0.6 is 0 Å². The number of nitrogens with one attached hydrogen (secondary N) is 2. The molecule has 0 radical (unpaired) electrons. The zero-order chi connectivity index (χ0) is 16.6. The van der Waals surface area contributed by atoms with Crippen molar-refractivity contribution >= 4 is 6.08 Å². The molecule has 128 valence electrons. The van der Waals surface area contributed by atoms with Gasteiger partial charge in [0.2, 0.25) is 0 Å². The van der Waals surface area contributed by atoms with Gasteiger partial charge in [-0.3, -0.25) is 5.10 Å². The summed E-state index contributed by atoms with van der Waals surface area (Å²) < 4.78 is 11.3. The third-order valence-electron chi connectivity index (χ3n) is 4.40. The van der Waals surface area contributed by atoms with Gasteiger partial charge in [-0.1, -0.05) is 30.4 Å². The number of nitrogens with zero attached hydrogens (tertiary/aromatic N) is 1. The van der Waals surface area contributed by atoms with Crippen LogP contribution in [0, 0.1) is 5.92 Å². The number of aromatic amines is 1. The van der Waals surface area contributed by atoms with E-state index in [1.54, 1.807) is 7.11 Å². The van der Waals surface area contributed by atoms with Crippen LogP contribution in [0.4, 0.5) is 0 Å². The molecule has 1 fully saturated rings. The fraction of sp³-hybridized carbons (Fsp3) is 0.421. The molecule has 3 rings (SSSR count). The minimum atomic E-state index is 0.142. The highest BCUT2D eigenvalue weighted by Gasteiger charge is 2.27. The fourth-order valence-electron chi connectivity index (χ4n) is 3.18. The largest absolute Gasteiger partial charge is 0.496 e. The number of para-hydroxylation sites is 1. The second-order valence-electron chi connectivity index (χ2n) is 6.03. The molecule has 1 saturated heterocycles. The maximum Gasteiger partial charge on any atom is 0.126 e. The molecule has 2 aromatic rings. The number of hydrogen-bond acceptors (Lipinski definition) is 4. The zero-order valence-corrected chi connectivity index (χ0v) is 14.1. The van der Waals surface area contributed by atoms with E-state index in [-0.39, 0.29) is 6.10 Å². The van der Waals surface area contributed by atoms with Crippen LogP contribution in [0.5, 0.6) is 5.75 Å². The molecule has 1 aliphatic rings. The van der Waals surface area contributed by atoms with Crippen molar-refractivity contribution in [1.82, 2.24) is 15.5 Å². The van der Waals surface area contributed by atoms with Gasteiger partial charge in [-0.2, -0.15) is 5.10 Å². The second kappa shape index (κ2) is 8.66. The molecule has 5 nitrogen and oxygen atoms in total. The number of rotatable bonds is 7. The Balaban J connectivity index is 1.49. The van der Waals surface area contributed by atoms with Crippen molar-refractivity contribution in [3.63, 3.8) is 0 Å². The lowest BCUT2D eigenvalue weighted by atomic mass is 9.91. The van der Waals surface area contributed by atoms with Crippen LogP contribution in [0.25, 0.3) is 6.08 Å². The van der Waals surface area contributed by atoms with Crippen molar-refractivity contribution in [3.8, 4) is 5.75 Å². The Morgan fingerprint density at radius 2 is 2.33 bits per heavy atom. The van der Waals surface area contributed by atoms with Crippen molar-refractivity contribution in [2.75, 3.05) is 26.8 Å². The Bertz CT molecular complexity index is 640. The predicted octanol–water partition coefficient (Wildman–Crippen LogP) is 3.19. The molecule has 2 heterocycles. The van der Waals surface area contributed by atoms with Gasteiger partial charge in [0.15, 0.2) is 0 Å². The molecule has 5 heteroatoms. The third kappa shape index (κ3) is 4.24. The summed E-state index contributed by atoms with van der Waals surface area (Å²) in [7, 11) is 1.70. The van der Waals surface area contributed by atoms with Gasteiger partial charge in [-0.25, -0.2) is 0 Å². The third-order valence-corrected chi connectivity index (χ3v) is 4.40. The van der Waals surface area contributed by atoms with Crippen molar-refractivity contribution in [3.05, 3.63) is 53.9 Å². The summed E-state index contributed by atoms with van der Waals surface area (Å²) in [5, 5.41) is 10.4. The minimum absolute atomic E-state index is 0.142. The van der Waals surface area contributed by atoms with Crippen molar-refractivity contribution < 1.29 is 9.47 Å². The first-order chi connectivity index (χ1) is 11.9. The van der Waals surface area contributed by atoms with E-state index < -0.39 is 0 Å². The number of hydrogen-bond donors (Lipinski definition) is 2. The summed E-state index contributed by atoms with van der Waals surface area (Å²) in [6.45, 7) is 2.60. The molecular weight excluding hydrogens is 302 g/mol. The van der Waals surface area contributed by atoms with Gasteiger partial charge >= 0.3 is 0 Å². The van der Waals surface area contributed by atoms with E-state index in [9.17, 15) is 0 Å². The molecule has 0 saturated carbocycles. The average Bonchev–Trinajstić information content (AvgIpc) is 3.16. The summed E-state index contributed by atoms with van der Waals surface area (Å²) >= 11 is 0. The molecular formula is C19H25N3O2. The summed E-state index contributed by atoms with van der Waals surface area (Å²) in [6, 6.07) is 8.03. The van der Waals surface area contributed by atoms with Gasteiger partial charge < -0.3 is 14.8 Å². The van der Waals surface area contributed by atoms with Gasteiger partial charge in [0.05, 0.1) is 19.4 Å². The summed E-state index contributed by atoms with van der Waals surface area (Å²) in [5.74, 6) is 1.38. The lowest BCUT2D eigenvalue weighted by molar-refractivity contribution is -0.0274. The predicted molar refractivity (Wildman–Crippen MR) is 94.9 cm³/mol. The maximum absolute atomic E-state index is 5.96. The Morgan fingerprint density at radius 1 is 1.42 bits per heavy atom. The molecule has 2 atom stereocenters. The minimum Gasteiger partial charge on any atom is -0.496 e. The lowest BCUT2D eigenvalue weighted by Crippen LogP contribution is -2.31. The van der Waals surface area contributed by atoms with E-state index >= 15 is 0 Å². The lowest BCUT2D eigenvalue weighted by Gasteiger charge is -2.31. The smallest absolute Gasteiger partial charge is 0.126 e. The quantitative estimate of drug-likeness (QED) is 0.767. The van der Waals surface area contributed by atoms with Crippen LogP contribution in [-0.4, -0.2) is 37.0 Å². The number of ether oxygens (including phenoxy) is 2. The highest BCUT2D eigenvalue weighted by molar-refractivity contribution is 5.57. The molecule has 1 aromatic heterocycles. The highest BCUT2D eigenvalue weighted by atomic mass is 16.5. The highest BCUT2D eigenvalue weighted by Crippen LogP contribution is 2.32. The molecule has 0 amide bonds. The maximum atomic E-state index is 5.96. The normalized spacial score (nSPS) is 21.2. The number of aromatic nitrogens is 2. The molecule has 1 aromatic carbocycles. The second-order valence-corrected chi connectivity index (χ2v) is 6.03. The molecule has 0 bridgehead atoms. The number of methoxy groups -OCH3 is 1. The fourth-order valence-corrected chi connectivity index (χ4v) is 3.18. The Morgan fingerprint density at radius 3 is 3.17 bits per heavy atom. The van der Waals surface area contributed by atoms with E-state index in [4.69, 9.17) is 9.47 Å². The molecule has 2 N–H and O–H groups in total. The van der Waals surface area contributed by atoms with Crippen molar-refractivity contribution in [2.45, 2.75) is 18.9 Å². The Labute approximate surface area is 143 Å². The van der Waals surface area contributed by atoms with Crippen LogP contribution in [0.3, 0.4) is 0 Å². The van der Waals surface area contributed by atoms with E-state index in [1.165, 1.54) is 6.42 Å². The SMILES string of the molecule is COc1ccccc1/C=C/CNC[C@@H]1CCCO[C@H]1c1cn[nH]c1. The topological polar surface area (TPSA) is 59.2 Å². The van der Waals surface area contributed by atoms with Gasteiger partial charge in [0.1, 0.15) is 5.75 Å². The van der Waals surface area contributed by atoms with Crippen LogP contribution in [0.15, 0.2) is 42.7 Å². The molecule has 0 unspecified atom stereocenters. The Kier molecular flexibility index (Phi) is 6.04. The van der Waals surface area contributed by atoms with E-state index in [1.807, 2.05) is 30.6 Å². The van der Waals surface area contributed by atoms with E-state index in [0.29, 0.717) is 5.92 Å². The van der Waals surface area contributed by atoms with Gasteiger partial charge in [-0.05, 0) is 18.9 Å². The van der Waals surface area contributed by atoms with Crippen LogP contribution in [-0.2, 0) is 4.74 Å². The molecule has 24 heavy (non-hydrogen) atoms. The van der Waals surface area contributed by atoms with Crippen molar-refractivity contribution in [1.29, 1.82) is 0 Å². The van der Waals surface area contributed by atoms with Crippen LogP contribution in [0.1, 0.15) is 30.1 Å². The van der Waals surface area contributed by atoms with Gasteiger partial charge in [0, 0.05) is 42.9 Å². The molecule has 1 aliphatic heterocycles. The Hall–Kier alpha value is -2.11. The standard InChI is InChI=1S/C19H25N3O2/c1-23-18-9-3-2-6-15(18)7-4-10-20-12-16-8-5-11-24-19(16)17-13-21-22-14-17/h2-4,6-7,9,13-14,16,19-20H,5,8,10-12H2,1H3,(H,21,22)/b7-4+/t16-,19+/m0/s1. The first-order valence-corrected chi connectivity index (χ1v) is 8.49. The summed E-state index contributed by atoms with van der Waals surface area (Å²) in [5.41, 5.74) is 2.24. The average molecular weight is 327 g/mol. The van der Waals surface area contributed by atoms with Gasteiger partial charge in [0.25, 0.3) is 0 Å². The summed E-state index contributed by atoms with van der Waals surface area (Å²) in [4.78, 5) is 0.